The number of hydrogen-bond acceptors (Lipinski definition) is 6. The lowest BCUT2D eigenvalue weighted by atomic mass is 10.0. The molecule has 0 saturated carbocycles. The molecule has 192 valence electrons. The number of methoxy groups -OCH3 is 2. The largest absolute Gasteiger partial charge is 0.465 e. The van der Waals surface area contributed by atoms with Gasteiger partial charge in [-0.2, -0.15) is 0 Å². The molecule has 0 atom stereocenters. The van der Waals surface area contributed by atoms with Crippen molar-refractivity contribution in [3.63, 3.8) is 0 Å². The third-order valence-corrected chi connectivity index (χ3v) is 6.35. The van der Waals surface area contributed by atoms with Crippen molar-refractivity contribution < 1.29 is 23.8 Å². The monoisotopic (exact) mass is 525 g/mol. The van der Waals surface area contributed by atoms with Crippen LogP contribution in [-0.2, 0) is 22.6 Å². The molecule has 0 fully saturated rings. The summed E-state index contributed by atoms with van der Waals surface area (Å²) in [5, 5.41) is 0. The molecule has 0 aromatic heterocycles. The number of para-hydroxylation sites is 1. The smallest absolute Gasteiger partial charge is 0.338 e. The first kappa shape index (κ1) is 26.6. The van der Waals surface area contributed by atoms with E-state index in [9.17, 15) is 9.59 Å². The molecule has 4 aromatic rings. The minimum Gasteiger partial charge on any atom is -0.465 e. The Morgan fingerprint density at radius 2 is 1.18 bits per heavy atom. The number of esters is 2. The van der Waals surface area contributed by atoms with E-state index in [1.807, 2.05) is 89.8 Å². The molecule has 0 aliphatic heterocycles. The van der Waals surface area contributed by atoms with Crippen LogP contribution in [0.5, 0.6) is 11.5 Å². The maximum absolute atomic E-state index is 12.4. The molecular weight excluding hydrogens is 498 g/mol. The molecule has 0 aliphatic carbocycles. The molecule has 0 N–H and O–H groups in total. The second kappa shape index (κ2) is 12.7. The third kappa shape index (κ3) is 6.63. The van der Waals surface area contributed by atoms with E-state index in [1.54, 1.807) is 12.1 Å². The van der Waals surface area contributed by atoms with Crippen LogP contribution >= 0.6 is 12.2 Å². The van der Waals surface area contributed by atoms with E-state index in [0.29, 0.717) is 23.6 Å². The number of ether oxygens (including phenoxy) is 3. The lowest BCUT2D eigenvalue weighted by Gasteiger charge is -2.26. The zero-order chi connectivity index (χ0) is 26.9. The fraction of sp³-hybridized carbons (Fsp3) is 0.129. The van der Waals surface area contributed by atoms with Crippen LogP contribution < -0.4 is 4.74 Å². The van der Waals surface area contributed by atoms with Crippen molar-refractivity contribution in [2.45, 2.75) is 13.1 Å². The summed E-state index contributed by atoms with van der Waals surface area (Å²) in [5.74, 6) is 0.239. The quantitative estimate of drug-likeness (QED) is 0.184. The maximum Gasteiger partial charge on any atom is 0.338 e. The molecule has 6 nitrogen and oxygen atoms in total. The lowest BCUT2D eigenvalue weighted by Crippen LogP contribution is -2.29. The molecule has 0 heterocycles. The van der Waals surface area contributed by atoms with E-state index >= 15 is 0 Å². The molecule has 0 spiro atoms. The van der Waals surface area contributed by atoms with Gasteiger partial charge in [-0.1, -0.05) is 78.9 Å². The van der Waals surface area contributed by atoms with Gasteiger partial charge in [0.1, 0.15) is 16.5 Å². The minimum absolute atomic E-state index is 0.0984. The number of rotatable bonds is 9. The van der Waals surface area contributed by atoms with Crippen LogP contribution in [0.4, 0.5) is 0 Å². The van der Waals surface area contributed by atoms with Crippen LogP contribution in [0.15, 0.2) is 103 Å². The minimum atomic E-state index is -0.640. The van der Waals surface area contributed by atoms with Crippen molar-refractivity contribution >= 4 is 29.1 Å². The molecule has 0 unspecified atom stereocenters. The van der Waals surface area contributed by atoms with Gasteiger partial charge in [0.25, 0.3) is 0 Å². The highest BCUT2D eigenvalue weighted by atomic mass is 32.1. The summed E-state index contributed by atoms with van der Waals surface area (Å²) in [6.45, 7) is 1.07. The number of nitrogens with zero attached hydrogens (tertiary/aromatic N) is 1. The molecule has 38 heavy (non-hydrogen) atoms. The van der Waals surface area contributed by atoms with Gasteiger partial charge in [0.15, 0.2) is 0 Å². The van der Waals surface area contributed by atoms with Crippen molar-refractivity contribution in [2.24, 2.45) is 0 Å². The molecule has 0 saturated heterocycles. The predicted octanol–water partition coefficient (Wildman–Crippen LogP) is 6.43. The van der Waals surface area contributed by atoms with E-state index in [4.69, 9.17) is 26.4 Å². The normalized spacial score (nSPS) is 10.4. The SMILES string of the molecule is COC(=O)c1ccc(C(=S)N(Cc2ccccc2)Cc2ccc(Oc3ccccc3)cc2)cc1C(=O)OC. The van der Waals surface area contributed by atoms with Crippen molar-refractivity contribution in [1.29, 1.82) is 0 Å². The second-order valence-corrected chi connectivity index (χ2v) is 8.84. The van der Waals surface area contributed by atoms with Gasteiger partial charge in [-0.05, 0) is 47.5 Å². The van der Waals surface area contributed by atoms with Gasteiger partial charge in [-0.15, -0.1) is 0 Å². The summed E-state index contributed by atoms with van der Waals surface area (Å²) in [6.07, 6.45) is 0. The van der Waals surface area contributed by atoms with Gasteiger partial charge in [0, 0.05) is 18.7 Å². The summed E-state index contributed by atoms with van der Waals surface area (Å²) < 4.78 is 15.6. The highest BCUT2D eigenvalue weighted by Gasteiger charge is 2.22. The number of thiocarbonyl (C=S) groups is 1. The Balaban J connectivity index is 1.61. The van der Waals surface area contributed by atoms with Crippen molar-refractivity contribution in [2.75, 3.05) is 14.2 Å². The fourth-order valence-corrected chi connectivity index (χ4v) is 4.19. The highest BCUT2D eigenvalue weighted by molar-refractivity contribution is 7.80. The zero-order valence-electron chi connectivity index (χ0n) is 21.1. The first-order chi connectivity index (χ1) is 18.5. The molecule has 0 radical (unpaired) electrons. The Morgan fingerprint density at radius 3 is 1.79 bits per heavy atom. The van der Waals surface area contributed by atoms with Crippen molar-refractivity contribution in [1.82, 2.24) is 4.90 Å². The van der Waals surface area contributed by atoms with Crippen LogP contribution in [-0.4, -0.2) is 36.0 Å². The standard InChI is InChI=1S/C31H27NO5S/c1-35-30(33)27-18-15-24(19-28(27)31(34)36-2)29(38)32(20-22-9-5-3-6-10-22)21-23-13-16-26(17-14-23)37-25-11-7-4-8-12-25/h3-19H,20-21H2,1-2H3. The summed E-state index contributed by atoms with van der Waals surface area (Å²) in [7, 11) is 2.53. The van der Waals surface area contributed by atoms with Gasteiger partial charge >= 0.3 is 11.9 Å². The Bertz CT molecular complexity index is 1410. The number of carbonyl (C=O) groups excluding carboxylic acids is 2. The molecule has 4 rings (SSSR count). The number of carbonyl (C=O) groups is 2. The van der Waals surface area contributed by atoms with Gasteiger partial charge in [0.05, 0.1) is 25.3 Å². The molecule has 0 bridgehead atoms. The third-order valence-electron chi connectivity index (χ3n) is 5.86. The molecule has 0 aliphatic rings. The van der Waals surface area contributed by atoms with E-state index in [0.717, 1.165) is 22.6 Å². The van der Waals surface area contributed by atoms with Gasteiger partial charge in [-0.3, -0.25) is 0 Å². The fourth-order valence-electron chi connectivity index (χ4n) is 3.94. The first-order valence-electron chi connectivity index (χ1n) is 11.9. The van der Waals surface area contributed by atoms with Gasteiger partial charge < -0.3 is 19.1 Å². The molecule has 0 amide bonds. The Morgan fingerprint density at radius 1 is 0.658 bits per heavy atom. The molecular formula is C31H27NO5S. The van der Waals surface area contributed by atoms with Gasteiger partial charge in [-0.25, -0.2) is 9.59 Å². The zero-order valence-corrected chi connectivity index (χ0v) is 21.9. The average Bonchev–Trinajstić information content (AvgIpc) is 2.97. The highest BCUT2D eigenvalue weighted by Crippen LogP contribution is 2.23. The Kier molecular flexibility index (Phi) is 8.85. The molecule has 4 aromatic carbocycles. The Hall–Kier alpha value is -4.49. The maximum atomic E-state index is 12.4. The van der Waals surface area contributed by atoms with Crippen molar-refractivity contribution in [3.8, 4) is 11.5 Å². The van der Waals surface area contributed by atoms with Gasteiger partial charge in [0.2, 0.25) is 0 Å². The summed E-state index contributed by atoms with van der Waals surface area (Å²) >= 11 is 5.91. The topological polar surface area (TPSA) is 65.1 Å². The summed E-state index contributed by atoms with van der Waals surface area (Å²) in [4.78, 5) is 27.2. The summed E-state index contributed by atoms with van der Waals surface area (Å²) in [5.41, 5.74) is 2.95. The van der Waals surface area contributed by atoms with Crippen molar-refractivity contribution in [3.05, 3.63) is 131 Å². The van der Waals surface area contributed by atoms with E-state index < -0.39 is 11.9 Å². The van der Waals surface area contributed by atoms with Crippen LogP contribution in [0.1, 0.15) is 37.4 Å². The summed E-state index contributed by atoms with van der Waals surface area (Å²) in [6, 6.07) is 32.3. The van der Waals surface area contributed by atoms with E-state index in [1.165, 1.54) is 20.3 Å². The Labute approximate surface area is 227 Å². The molecule has 7 heteroatoms. The second-order valence-electron chi connectivity index (χ2n) is 8.45. The number of benzene rings is 4. The lowest BCUT2D eigenvalue weighted by molar-refractivity contribution is 0.0555. The predicted molar refractivity (Wildman–Crippen MR) is 149 cm³/mol. The van der Waals surface area contributed by atoms with Crippen LogP contribution in [0.2, 0.25) is 0 Å². The number of hydrogen-bond donors (Lipinski definition) is 0. The van der Waals surface area contributed by atoms with Crippen LogP contribution in [0, 0.1) is 0 Å². The van der Waals surface area contributed by atoms with Crippen LogP contribution in [0.25, 0.3) is 0 Å². The van der Waals surface area contributed by atoms with Crippen LogP contribution in [0.3, 0.4) is 0 Å². The first-order valence-corrected chi connectivity index (χ1v) is 12.3. The van der Waals surface area contributed by atoms with E-state index in [2.05, 4.69) is 0 Å². The van der Waals surface area contributed by atoms with E-state index in [-0.39, 0.29) is 11.1 Å². The average molecular weight is 526 g/mol.